The molecule has 10 rings (SSSR count). The Hall–Kier alpha value is -6.42. The first-order valence-electron chi connectivity index (χ1n) is 28.4. The number of anilines is 4. The van der Waals surface area contributed by atoms with E-state index in [-0.39, 0.29) is 66.4 Å². The zero-order valence-electron chi connectivity index (χ0n) is 52.0. The van der Waals surface area contributed by atoms with Crippen LogP contribution in [-0.2, 0) is 59.0 Å². The third-order valence-electron chi connectivity index (χ3n) is 16.6. The minimum absolute atomic E-state index is 0. The molecule has 3 heterocycles. The van der Waals surface area contributed by atoms with Gasteiger partial charge in [-0.1, -0.05) is 216 Å². The van der Waals surface area contributed by atoms with E-state index in [2.05, 4.69) is 310 Å². The van der Waals surface area contributed by atoms with Gasteiger partial charge in [-0.15, -0.1) is 53.6 Å². The SMILES string of the molecule is CC(C)(C)c1cc(Oc2[c-]c3c(cc2)c2cc(C(C)(C)C)ccc2n3-c2cc(C(C)(C)C)ccn2)[c-]c(N2[CH-]N(c3cc(C(C)(C)c4ccccc4)cc(C(C)(C)c4ccccc4)c3)c3cc(C(C)(C)C)c(C(C)(C)C)cc32)c1.[CH3-].[Pt+4]. The van der Waals surface area contributed by atoms with E-state index in [0.717, 1.165) is 50.6 Å². The molecule has 5 nitrogen and oxygen atoms in total. The maximum Gasteiger partial charge on any atom is 4.00 e. The topological polar surface area (TPSA) is 33.5 Å². The summed E-state index contributed by atoms with van der Waals surface area (Å²) in [6.07, 6.45) is 1.93. The van der Waals surface area contributed by atoms with Gasteiger partial charge in [-0.05, 0) is 119 Å². The van der Waals surface area contributed by atoms with Crippen LogP contribution in [0.25, 0.3) is 27.6 Å². The molecular formula is C75H86N4OPt. The molecule has 0 amide bonds. The van der Waals surface area contributed by atoms with Crippen molar-refractivity contribution in [2.24, 2.45) is 0 Å². The van der Waals surface area contributed by atoms with Crippen molar-refractivity contribution in [2.75, 3.05) is 9.80 Å². The molecule has 0 fully saturated rings. The van der Waals surface area contributed by atoms with Crippen LogP contribution in [0.3, 0.4) is 0 Å². The van der Waals surface area contributed by atoms with E-state index in [1.165, 1.54) is 49.9 Å². The van der Waals surface area contributed by atoms with Gasteiger partial charge in [0.05, 0.1) is 0 Å². The smallest absolute Gasteiger partial charge is 0.509 e. The van der Waals surface area contributed by atoms with Crippen LogP contribution in [-0.4, -0.2) is 9.55 Å². The fourth-order valence-electron chi connectivity index (χ4n) is 11.3. The van der Waals surface area contributed by atoms with Crippen molar-refractivity contribution in [3.05, 3.63) is 228 Å². The molecule has 0 atom stereocenters. The molecule has 0 aliphatic carbocycles. The fraction of sp³-hybridized carbons (Fsp3) is 0.347. The number of pyridine rings is 1. The first kappa shape index (κ1) is 60.7. The maximum atomic E-state index is 7.10. The molecule has 6 heteroatoms. The number of hydrogen-bond donors (Lipinski definition) is 0. The van der Waals surface area contributed by atoms with E-state index in [1.54, 1.807) is 0 Å². The van der Waals surface area contributed by atoms with Crippen LogP contribution in [0.15, 0.2) is 152 Å². The third-order valence-corrected chi connectivity index (χ3v) is 16.6. The van der Waals surface area contributed by atoms with Gasteiger partial charge < -0.3 is 26.5 Å². The molecule has 0 N–H and O–H groups in total. The van der Waals surface area contributed by atoms with Crippen LogP contribution < -0.4 is 14.5 Å². The van der Waals surface area contributed by atoms with Crippen LogP contribution in [0, 0.1) is 26.2 Å². The standard InChI is InChI=1S/C74H83N4O.CH3.Pt/c1-68(2,3)50-30-33-63-60(41-50)59-32-31-57(44-64(59)78(63)67-42-51(34-35-75-67)69(4,5)6)79-58-40-52(70(7,8)9)37-56(43-58)77-47-76(65-45-61(71(10,11)12)62(46-66(65)77)72(13,14)15)55-38-53(73(16,17)48-26-22-20-23-27-48)36-54(39-55)74(18,19)49-28-24-21-25-29-49;;/h20-42,45-47H,1-19H3;1H3;/q-3;-1;+4. The largest absolute Gasteiger partial charge is 4.00 e. The summed E-state index contributed by atoms with van der Waals surface area (Å²) in [5.41, 5.74) is 16.4. The van der Waals surface area contributed by atoms with Gasteiger partial charge in [0.25, 0.3) is 0 Å². The van der Waals surface area contributed by atoms with Gasteiger partial charge in [0, 0.05) is 51.1 Å². The summed E-state index contributed by atoms with van der Waals surface area (Å²) in [4.78, 5) is 9.78. The van der Waals surface area contributed by atoms with E-state index >= 15 is 0 Å². The van der Waals surface area contributed by atoms with Crippen molar-refractivity contribution in [1.82, 2.24) is 9.55 Å². The monoisotopic (exact) mass is 1250 g/mol. The van der Waals surface area contributed by atoms with Crippen LogP contribution in [0.5, 0.6) is 11.5 Å². The van der Waals surface area contributed by atoms with Crippen molar-refractivity contribution in [3.63, 3.8) is 0 Å². The van der Waals surface area contributed by atoms with Crippen LogP contribution in [0.1, 0.15) is 182 Å². The van der Waals surface area contributed by atoms with Gasteiger partial charge >= 0.3 is 21.1 Å². The normalized spacial score (nSPS) is 13.6. The fourth-order valence-corrected chi connectivity index (χ4v) is 11.3. The summed E-state index contributed by atoms with van der Waals surface area (Å²) < 4.78 is 9.35. The first-order chi connectivity index (χ1) is 36.8. The van der Waals surface area contributed by atoms with E-state index in [0.29, 0.717) is 11.5 Å². The summed E-state index contributed by atoms with van der Waals surface area (Å²) in [6.45, 7) is 46.1. The predicted octanol–water partition coefficient (Wildman–Crippen LogP) is 20.6. The minimum Gasteiger partial charge on any atom is -0.509 e. The summed E-state index contributed by atoms with van der Waals surface area (Å²) >= 11 is 0. The Balaban J connectivity index is 0.00000430. The molecule has 0 bridgehead atoms. The van der Waals surface area contributed by atoms with Gasteiger partial charge in [0.15, 0.2) is 0 Å². The van der Waals surface area contributed by atoms with E-state index in [9.17, 15) is 0 Å². The second-order valence-electron chi connectivity index (χ2n) is 28.5. The second-order valence-corrected chi connectivity index (χ2v) is 28.5. The molecule has 2 aromatic heterocycles. The van der Waals surface area contributed by atoms with E-state index < -0.39 is 0 Å². The van der Waals surface area contributed by atoms with Gasteiger partial charge in [-0.2, -0.15) is 6.07 Å². The molecule has 1 aliphatic heterocycles. The Morgan fingerprint density at radius 2 is 0.938 bits per heavy atom. The number of ether oxygens (including phenoxy) is 1. The Morgan fingerprint density at radius 3 is 1.46 bits per heavy atom. The molecule has 0 spiro atoms. The Labute approximate surface area is 501 Å². The molecule has 0 saturated heterocycles. The van der Waals surface area contributed by atoms with Crippen LogP contribution in [0.4, 0.5) is 22.7 Å². The zero-order valence-corrected chi connectivity index (χ0v) is 54.3. The number of benzene rings is 7. The third kappa shape index (κ3) is 11.7. The molecule has 9 aromatic rings. The Morgan fingerprint density at radius 1 is 0.420 bits per heavy atom. The molecule has 7 aromatic carbocycles. The molecule has 0 unspecified atom stereocenters. The molecule has 0 radical (unpaired) electrons. The summed E-state index contributed by atoms with van der Waals surface area (Å²) in [7, 11) is 0. The zero-order chi connectivity index (χ0) is 57.0. The molecule has 81 heavy (non-hydrogen) atoms. The average molecular weight is 1250 g/mol. The van der Waals surface area contributed by atoms with Crippen LogP contribution in [0.2, 0.25) is 0 Å². The second kappa shape index (κ2) is 21.4. The summed E-state index contributed by atoms with van der Waals surface area (Å²) in [6, 6.07) is 61.6. The van der Waals surface area contributed by atoms with Crippen LogP contribution >= 0.6 is 0 Å². The van der Waals surface area contributed by atoms with Crippen molar-refractivity contribution < 1.29 is 25.8 Å². The minimum atomic E-state index is -0.300. The van der Waals surface area contributed by atoms with Crippen molar-refractivity contribution in [2.45, 2.75) is 169 Å². The Bertz CT molecular complexity index is 3680. The quantitative estimate of drug-likeness (QED) is 0.135. The summed E-state index contributed by atoms with van der Waals surface area (Å²) in [5.74, 6) is 2.09. The number of aromatic nitrogens is 2. The first-order valence-corrected chi connectivity index (χ1v) is 28.4. The van der Waals surface area contributed by atoms with Crippen molar-refractivity contribution in [1.29, 1.82) is 0 Å². The summed E-state index contributed by atoms with van der Waals surface area (Å²) in [5, 5.41) is 2.27. The molecule has 1 aliphatic rings. The van der Waals surface area contributed by atoms with Crippen molar-refractivity contribution >= 4 is 44.6 Å². The number of rotatable bonds is 9. The maximum absolute atomic E-state index is 7.10. The molecule has 0 saturated carbocycles. The van der Waals surface area contributed by atoms with Gasteiger partial charge in [0.2, 0.25) is 0 Å². The number of nitrogens with zero attached hydrogens (tertiary/aromatic N) is 4. The number of fused-ring (bicyclic) bond motifs is 4. The van der Waals surface area contributed by atoms with E-state index in [1.807, 2.05) is 6.20 Å². The van der Waals surface area contributed by atoms with Gasteiger partial charge in [-0.25, -0.2) is 4.98 Å². The Kier molecular flexibility index (Phi) is 16.0. The van der Waals surface area contributed by atoms with Gasteiger partial charge in [-0.3, -0.25) is 0 Å². The predicted molar refractivity (Wildman–Crippen MR) is 341 cm³/mol. The van der Waals surface area contributed by atoms with Gasteiger partial charge in [0.1, 0.15) is 5.82 Å². The van der Waals surface area contributed by atoms with E-state index in [4.69, 9.17) is 9.72 Å². The number of hydrogen-bond acceptors (Lipinski definition) is 4. The molecule has 422 valence electrons. The average Bonchev–Trinajstić information content (AvgIpc) is 3.93. The molecular weight excluding hydrogens is 1170 g/mol. The van der Waals surface area contributed by atoms with Crippen molar-refractivity contribution in [3.8, 4) is 17.3 Å².